The molecule has 0 heterocycles. The minimum absolute atomic E-state index is 0. The van der Waals surface area contributed by atoms with Gasteiger partial charge in [-0.1, -0.05) is 0 Å². The molecule has 16 valence electrons. The van der Waals surface area contributed by atoms with E-state index in [1.54, 1.807) is 0 Å². The maximum absolute atomic E-state index is 0. The summed E-state index contributed by atoms with van der Waals surface area (Å²) in [6.45, 7) is 0. The van der Waals surface area contributed by atoms with Crippen LogP contribution in [0.15, 0.2) is 0 Å². The maximum Gasteiger partial charge on any atom is 1.00 e. The predicted octanol–water partition coefficient (Wildman–Crippen LogP) is -12.0. The van der Waals surface area contributed by atoms with E-state index in [1.165, 1.54) is 0 Å². The largest absolute Gasteiger partial charge is 1.00 e. The Morgan fingerprint density at radius 2 is 0.750 bits per heavy atom. The van der Waals surface area contributed by atoms with Crippen LogP contribution in [0, 0.1) is 0 Å². The minimum atomic E-state index is 0. The molecule has 0 rings (SSSR count). The molecule has 0 saturated heterocycles. The molecular formula is Cl2LiRb. The molecule has 4 heteroatoms. The van der Waals surface area contributed by atoms with Crippen molar-refractivity contribution in [2.45, 2.75) is 0 Å². The Bertz CT molecular complexity index is 6.00. The molecule has 0 aliphatic heterocycles. The fourth-order valence-corrected chi connectivity index (χ4v) is 0. The number of hydrogen-bond acceptors (Lipinski definition) is 0. The standard InChI is InChI=1S/2ClH.Li.Rb/h2*1H;;/q;;2*+1/p-2. The fraction of sp³-hybridized carbons (Fsp3) is 0. The molecular weight excluding hydrogens is 163 g/mol. The van der Waals surface area contributed by atoms with Crippen molar-refractivity contribution in [3.8, 4) is 0 Å². The van der Waals surface area contributed by atoms with Crippen molar-refractivity contribution >= 4 is 0 Å². The van der Waals surface area contributed by atoms with Gasteiger partial charge < -0.3 is 24.8 Å². The molecule has 0 aliphatic rings. The van der Waals surface area contributed by atoms with Crippen molar-refractivity contribution < 1.29 is 102 Å². The normalized spacial score (nSPS) is 0. The average molecular weight is 163 g/mol. The van der Waals surface area contributed by atoms with Gasteiger partial charge in [0.15, 0.2) is 0 Å². The third-order valence-electron chi connectivity index (χ3n) is 0. The minimum Gasteiger partial charge on any atom is -1.00 e. The summed E-state index contributed by atoms with van der Waals surface area (Å²) in [7, 11) is 0. The molecule has 0 aromatic heterocycles. The first-order chi connectivity index (χ1) is 0. The van der Waals surface area contributed by atoms with E-state index >= 15 is 0 Å². The second-order valence-electron chi connectivity index (χ2n) is 0. The molecule has 0 atom stereocenters. The van der Waals surface area contributed by atoms with E-state index in [4.69, 9.17) is 0 Å². The Morgan fingerprint density at radius 1 is 0.750 bits per heavy atom. The third kappa shape index (κ3) is 8.88. The quantitative estimate of drug-likeness (QED) is 0.311. The summed E-state index contributed by atoms with van der Waals surface area (Å²) in [5.41, 5.74) is 0. The van der Waals surface area contributed by atoms with Gasteiger partial charge >= 0.3 is 77.0 Å². The number of halogens is 2. The van der Waals surface area contributed by atoms with Crippen molar-refractivity contribution in [2.24, 2.45) is 0 Å². The topological polar surface area (TPSA) is 0 Å². The summed E-state index contributed by atoms with van der Waals surface area (Å²) in [6, 6.07) is 0. The van der Waals surface area contributed by atoms with Crippen LogP contribution in [0.4, 0.5) is 0 Å². The van der Waals surface area contributed by atoms with E-state index in [2.05, 4.69) is 0 Å². The zero-order valence-corrected chi connectivity index (χ0v) is 9.18. The summed E-state index contributed by atoms with van der Waals surface area (Å²) in [6.07, 6.45) is 0. The van der Waals surface area contributed by atoms with Crippen LogP contribution in [0.25, 0.3) is 0 Å². The zero-order valence-electron chi connectivity index (χ0n) is 2.76. The molecule has 0 radical (unpaired) electrons. The van der Waals surface area contributed by atoms with Crippen LogP contribution < -0.4 is 102 Å². The summed E-state index contributed by atoms with van der Waals surface area (Å²) < 4.78 is 0. The van der Waals surface area contributed by atoms with Crippen LogP contribution in [-0.4, -0.2) is 0 Å². The van der Waals surface area contributed by atoms with Crippen LogP contribution in [0.1, 0.15) is 0 Å². The third-order valence-corrected chi connectivity index (χ3v) is 0. The number of rotatable bonds is 0. The molecule has 0 amide bonds. The first-order valence-electron chi connectivity index (χ1n) is 0. The van der Waals surface area contributed by atoms with Crippen LogP contribution in [0.2, 0.25) is 0 Å². The predicted molar refractivity (Wildman–Crippen MR) is 0 cm³/mol. The smallest absolute Gasteiger partial charge is 1.00 e. The van der Waals surface area contributed by atoms with Gasteiger partial charge in [0.05, 0.1) is 0 Å². The Hall–Kier alpha value is 2.98. The molecule has 0 N–H and O–H groups in total. The zero-order chi connectivity index (χ0) is 0. The molecule has 0 aromatic carbocycles. The molecule has 0 spiro atoms. The van der Waals surface area contributed by atoms with Gasteiger partial charge in [0.2, 0.25) is 0 Å². The van der Waals surface area contributed by atoms with Crippen molar-refractivity contribution in [2.75, 3.05) is 0 Å². The molecule has 0 unspecified atom stereocenters. The second kappa shape index (κ2) is 16.7. The number of hydrogen-bond donors (Lipinski definition) is 0. The molecule has 0 aromatic rings. The van der Waals surface area contributed by atoms with Gasteiger partial charge in [0.25, 0.3) is 0 Å². The molecule has 0 nitrogen and oxygen atoms in total. The second-order valence-corrected chi connectivity index (χ2v) is 0. The molecule has 0 fully saturated rings. The molecule has 4 heavy (non-hydrogen) atoms. The van der Waals surface area contributed by atoms with Gasteiger partial charge in [-0.2, -0.15) is 0 Å². The van der Waals surface area contributed by atoms with Crippen molar-refractivity contribution in [1.82, 2.24) is 0 Å². The van der Waals surface area contributed by atoms with E-state index in [0.717, 1.165) is 0 Å². The van der Waals surface area contributed by atoms with Crippen molar-refractivity contribution in [1.29, 1.82) is 0 Å². The Labute approximate surface area is 99.3 Å². The molecule has 0 aliphatic carbocycles. The van der Waals surface area contributed by atoms with Crippen LogP contribution in [-0.2, 0) is 0 Å². The van der Waals surface area contributed by atoms with E-state index in [1.807, 2.05) is 0 Å². The Kier molecular flexibility index (Phi) is 117. The van der Waals surface area contributed by atoms with E-state index < -0.39 is 0 Å². The summed E-state index contributed by atoms with van der Waals surface area (Å²) >= 11 is 0. The average Bonchev–Trinajstić information content (AvgIpc) is 0. The van der Waals surface area contributed by atoms with Crippen molar-refractivity contribution in [3.05, 3.63) is 0 Å². The summed E-state index contributed by atoms with van der Waals surface area (Å²) in [4.78, 5) is 0. The fourth-order valence-electron chi connectivity index (χ4n) is 0. The molecule has 0 bridgehead atoms. The first kappa shape index (κ1) is 28.1. The van der Waals surface area contributed by atoms with Crippen LogP contribution in [0.3, 0.4) is 0 Å². The van der Waals surface area contributed by atoms with Gasteiger partial charge in [0.1, 0.15) is 0 Å². The van der Waals surface area contributed by atoms with Gasteiger partial charge in [0, 0.05) is 0 Å². The van der Waals surface area contributed by atoms with E-state index in [9.17, 15) is 0 Å². The van der Waals surface area contributed by atoms with E-state index in [-0.39, 0.29) is 102 Å². The van der Waals surface area contributed by atoms with E-state index in [0.29, 0.717) is 0 Å². The van der Waals surface area contributed by atoms with Crippen molar-refractivity contribution in [3.63, 3.8) is 0 Å². The monoisotopic (exact) mass is 162 g/mol. The van der Waals surface area contributed by atoms with Gasteiger partial charge in [-0.05, 0) is 0 Å². The summed E-state index contributed by atoms with van der Waals surface area (Å²) in [5, 5.41) is 0. The Balaban J connectivity index is 0. The maximum atomic E-state index is 0. The first-order valence-corrected chi connectivity index (χ1v) is 0. The SMILES string of the molecule is [Cl-].[Cl-].[Li+].[Rb+]. The molecule has 0 saturated carbocycles. The van der Waals surface area contributed by atoms with Gasteiger partial charge in [-0.25, -0.2) is 0 Å². The van der Waals surface area contributed by atoms with Gasteiger partial charge in [-0.15, -0.1) is 0 Å². The van der Waals surface area contributed by atoms with Crippen LogP contribution >= 0.6 is 0 Å². The summed E-state index contributed by atoms with van der Waals surface area (Å²) in [5.74, 6) is 0. The van der Waals surface area contributed by atoms with Crippen LogP contribution in [0.5, 0.6) is 0 Å². The van der Waals surface area contributed by atoms with Gasteiger partial charge in [-0.3, -0.25) is 0 Å². The Morgan fingerprint density at radius 3 is 0.750 bits per heavy atom.